The second kappa shape index (κ2) is 6.63. The van der Waals surface area contributed by atoms with Crippen molar-refractivity contribution in [3.05, 3.63) is 65.7 Å². The zero-order valence-corrected chi connectivity index (χ0v) is 14.5. The molecule has 2 N–H and O–H groups in total. The summed E-state index contributed by atoms with van der Waals surface area (Å²) < 4.78 is 0. The van der Waals surface area contributed by atoms with Crippen molar-refractivity contribution >= 4 is 22.6 Å². The smallest absolute Gasteiger partial charge is 0.272 e. The summed E-state index contributed by atoms with van der Waals surface area (Å²) >= 11 is 0. The fraction of sp³-hybridized carbons (Fsp3) is 0.250. The Morgan fingerprint density at radius 1 is 1.27 bits per heavy atom. The lowest BCUT2D eigenvalue weighted by atomic mass is 10.0. The van der Waals surface area contributed by atoms with Gasteiger partial charge in [-0.1, -0.05) is 42.5 Å². The van der Waals surface area contributed by atoms with Crippen molar-refractivity contribution in [2.45, 2.75) is 25.9 Å². The molecule has 0 spiro atoms. The summed E-state index contributed by atoms with van der Waals surface area (Å²) in [6, 6.07) is 14.1. The molecule has 6 nitrogen and oxygen atoms in total. The molecule has 1 aliphatic heterocycles. The summed E-state index contributed by atoms with van der Waals surface area (Å²) in [5, 5.41) is 5.24. The van der Waals surface area contributed by atoms with Crippen LogP contribution in [0.1, 0.15) is 28.2 Å². The number of carbonyl (C=O) groups is 2. The number of carbonyl (C=O) groups excluding carboxylic acids is 2. The molecule has 0 aliphatic carbocycles. The number of nitrogens with zero attached hydrogens (tertiary/aromatic N) is 2. The lowest BCUT2D eigenvalue weighted by Gasteiger charge is -2.18. The Balaban J connectivity index is 1.46. The van der Waals surface area contributed by atoms with E-state index in [-0.39, 0.29) is 17.9 Å². The van der Waals surface area contributed by atoms with Gasteiger partial charge in [0.2, 0.25) is 5.91 Å². The Morgan fingerprint density at radius 3 is 2.88 bits per heavy atom. The summed E-state index contributed by atoms with van der Waals surface area (Å²) in [6.07, 6.45) is 1.82. The maximum atomic E-state index is 12.4. The highest BCUT2D eigenvalue weighted by atomic mass is 16.2. The van der Waals surface area contributed by atoms with E-state index in [9.17, 15) is 9.59 Å². The Hall–Kier alpha value is -3.15. The minimum absolute atomic E-state index is 0.0574. The molecule has 1 saturated heterocycles. The molecule has 2 amide bonds. The number of fused-ring (bicyclic) bond motifs is 1. The Kier molecular flexibility index (Phi) is 4.16. The molecular weight excluding hydrogens is 328 g/mol. The number of aromatic amines is 1. The predicted octanol–water partition coefficient (Wildman–Crippen LogP) is 2.40. The minimum atomic E-state index is -0.242. The van der Waals surface area contributed by atoms with Crippen molar-refractivity contribution < 1.29 is 9.59 Å². The van der Waals surface area contributed by atoms with Crippen LogP contribution in [0.15, 0.2) is 48.8 Å². The fourth-order valence-corrected chi connectivity index (χ4v) is 3.50. The SMILES string of the molecule is Cc1[nH]cnc1C(=O)NC1CC(=O)N(Cc2cccc3ccccc23)C1. The average molecular weight is 348 g/mol. The Morgan fingerprint density at radius 2 is 2.08 bits per heavy atom. The first-order chi connectivity index (χ1) is 12.6. The number of imidazole rings is 1. The normalized spacial score (nSPS) is 17.0. The van der Waals surface area contributed by atoms with Gasteiger partial charge < -0.3 is 15.2 Å². The molecule has 0 saturated carbocycles. The van der Waals surface area contributed by atoms with Gasteiger partial charge in [0.05, 0.1) is 12.4 Å². The van der Waals surface area contributed by atoms with Gasteiger partial charge in [0, 0.05) is 25.2 Å². The van der Waals surface area contributed by atoms with Gasteiger partial charge in [-0.15, -0.1) is 0 Å². The van der Waals surface area contributed by atoms with Gasteiger partial charge in [-0.25, -0.2) is 4.98 Å². The number of aromatic nitrogens is 2. The number of nitrogens with one attached hydrogen (secondary N) is 2. The third-order valence-corrected chi connectivity index (χ3v) is 4.84. The van der Waals surface area contributed by atoms with E-state index >= 15 is 0 Å². The number of aryl methyl sites for hydroxylation is 1. The average Bonchev–Trinajstić information content (AvgIpc) is 3.21. The molecule has 2 heterocycles. The molecule has 1 fully saturated rings. The van der Waals surface area contributed by atoms with E-state index in [0.717, 1.165) is 22.0 Å². The summed E-state index contributed by atoms with van der Waals surface area (Å²) in [5.41, 5.74) is 2.22. The van der Waals surface area contributed by atoms with Gasteiger partial charge >= 0.3 is 0 Å². The number of hydrogen-bond acceptors (Lipinski definition) is 3. The fourth-order valence-electron chi connectivity index (χ4n) is 3.50. The third kappa shape index (κ3) is 3.06. The third-order valence-electron chi connectivity index (χ3n) is 4.84. The highest BCUT2D eigenvalue weighted by molar-refractivity contribution is 5.94. The molecule has 0 radical (unpaired) electrons. The summed E-state index contributed by atoms with van der Waals surface area (Å²) in [6.45, 7) is 2.86. The van der Waals surface area contributed by atoms with Gasteiger partial charge in [0.25, 0.3) is 5.91 Å². The van der Waals surface area contributed by atoms with Crippen LogP contribution < -0.4 is 5.32 Å². The van der Waals surface area contributed by atoms with Crippen LogP contribution in [-0.2, 0) is 11.3 Å². The highest BCUT2D eigenvalue weighted by Crippen LogP contribution is 2.22. The summed E-state index contributed by atoms with van der Waals surface area (Å²) in [4.78, 5) is 33.5. The number of rotatable bonds is 4. The lowest BCUT2D eigenvalue weighted by Crippen LogP contribution is -2.37. The van der Waals surface area contributed by atoms with Crippen molar-refractivity contribution in [1.82, 2.24) is 20.2 Å². The molecule has 3 aromatic rings. The Labute approximate surface area is 151 Å². The van der Waals surface area contributed by atoms with Crippen LogP contribution in [0.2, 0.25) is 0 Å². The minimum Gasteiger partial charge on any atom is -0.348 e. The quantitative estimate of drug-likeness (QED) is 0.760. The second-order valence-corrected chi connectivity index (χ2v) is 6.66. The van der Waals surface area contributed by atoms with Gasteiger partial charge in [0.15, 0.2) is 0 Å². The number of hydrogen-bond donors (Lipinski definition) is 2. The molecular formula is C20H20N4O2. The van der Waals surface area contributed by atoms with Crippen LogP contribution in [0.25, 0.3) is 10.8 Å². The molecule has 132 valence electrons. The molecule has 1 unspecified atom stereocenters. The number of amides is 2. The van der Waals surface area contributed by atoms with E-state index in [1.165, 1.54) is 6.33 Å². The highest BCUT2D eigenvalue weighted by Gasteiger charge is 2.31. The molecule has 1 aliphatic rings. The van der Waals surface area contributed by atoms with Crippen LogP contribution >= 0.6 is 0 Å². The number of H-pyrrole nitrogens is 1. The standard InChI is InChI=1S/C20H20N4O2/c1-13-19(22-12-21-13)20(26)23-16-9-18(25)24(11-16)10-15-7-4-6-14-5-2-3-8-17(14)15/h2-8,12,16H,9-11H2,1H3,(H,21,22)(H,23,26). The number of likely N-dealkylation sites (tertiary alicyclic amines) is 1. The van der Waals surface area contributed by atoms with Gasteiger partial charge in [-0.2, -0.15) is 0 Å². The van der Waals surface area contributed by atoms with Crippen molar-refractivity contribution in [3.63, 3.8) is 0 Å². The molecule has 2 aromatic carbocycles. The van der Waals surface area contributed by atoms with E-state index in [4.69, 9.17) is 0 Å². The molecule has 1 atom stereocenters. The van der Waals surface area contributed by atoms with E-state index in [2.05, 4.69) is 39.6 Å². The second-order valence-electron chi connectivity index (χ2n) is 6.66. The maximum Gasteiger partial charge on any atom is 0.272 e. The first-order valence-corrected chi connectivity index (χ1v) is 8.67. The lowest BCUT2D eigenvalue weighted by molar-refractivity contribution is -0.128. The summed E-state index contributed by atoms with van der Waals surface area (Å²) in [7, 11) is 0. The maximum absolute atomic E-state index is 12.4. The van der Waals surface area contributed by atoms with Crippen LogP contribution in [0.3, 0.4) is 0 Å². The van der Waals surface area contributed by atoms with Crippen molar-refractivity contribution in [2.24, 2.45) is 0 Å². The zero-order valence-electron chi connectivity index (χ0n) is 14.5. The van der Waals surface area contributed by atoms with Crippen LogP contribution in [-0.4, -0.2) is 39.3 Å². The van der Waals surface area contributed by atoms with E-state index in [0.29, 0.717) is 25.2 Å². The molecule has 0 bridgehead atoms. The molecule has 1 aromatic heterocycles. The zero-order chi connectivity index (χ0) is 18.1. The monoisotopic (exact) mass is 348 g/mol. The van der Waals surface area contributed by atoms with Gasteiger partial charge in [-0.05, 0) is 23.3 Å². The van der Waals surface area contributed by atoms with E-state index in [1.54, 1.807) is 6.92 Å². The van der Waals surface area contributed by atoms with E-state index < -0.39 is 0 Å². The van der Waals surface area contributed by atoms with Crippen molar-refractivity contribution in [3.8, 4) is 0 Å². The van der Waals surface area contributed by atoms with Crippen molar-refractivity contribution in [1.29, 1.82) is 0 Å². The Bertz CT molecular complexity index is 973. The summed E-state index contributed by atoms with van der Waals surface area (Å²) in [5.74, 6) is -0.185. The van der Waals surface area contributed by atoms with Crippen molar-refractivity contribution in [2.75, 3.05) is 6.54 Å². The van der Waals surface area contributed by atoms with E-state index in [1.807, 2.05) is 23.1 Å². The molecule has 4 rings (SSSR count). The van der Waals surface area contributed by atoms with Crippen LogP contribution in [0.4, 0.5) is 0 Å². The number of benzene rings is 2. The van der Waals surface area contributed by atoms with Gasteiger partial charge in [0.1, 0.15) is 5.69 Å². The first kappa shape index (κ1) is 16.3. The molecule has 26 heavy (non-hydrogen) atoms. The topological polar surface area (TPSA) is 78.1 Å². The molecule has 6 heteroatoms. The van der Waals surface area contributed by atoms with Crippen LogP contribution in [0.5, 0.6) is 0 Å². The predicted molar refractivity (Wildman–Crippen MR) is 98.6 cm³/mol. The van der Waals surface area contributed by atoms with Crippen LogP contribution in [0, 0.1) is 6.92 Å². The van der Waals surface area contributed by atoms with Gasteiger partial charge in [-0.3, -0.25) is 9.59 Å². The largest absolute Gasteiger partial charge is 0.348 e. The first-order valence-electron chi connectivity index (χ1n) is 8.67.